The molecule has 0 bridgehead atoms. The molecule has 0 atom stereocenters. The normalized spacial score (nSPS) is 10.3. The minimum atomic E-state index is 0.141. The molecule has 0 saturated heterocycles. The van der Waals surface area contributed by atoms with E-state index in [1.165, 1.54) is 5.56 Å². The van der Waals surface area contributed by atoms with Crippen LogP contribution >= 0.6 is 0 Å². The first-order chi connectivity index (χ1) is 11.1. The van der Waals surface area contributed by atoms with Crippen LogP contribution in [0.15, 0.2) is 54.6 Å². The Balaban J connectivity index is 1.71. The molecule has 0 aliphatic rings. The summed E-state index contributed by atoms with van der Waals surface area (Å²) in [6, 6.07) is 18.2. The van der Waals surface area contributed by atoms with Crippen molar-refractivity contribution in [2.45, 2.75) is 19.6 Å². The van der Waals surface area contributed by atoms with Gasteiger partial charge < -0.3 is 15.0 Å². The predicted octanol–water partition coefficient (Wildman–Crippen LogP) is 2.83. The first-order valence-electron chi connectivity index (χ1n) is 7.81. The monoisotopic (exact) mass is 312 g/mol. The molecule has 2 aromatic rings. The van der Waals surface area contributed by atoms with Crippen molar-refractivity contribution in [1.82, 2.24) is 10.2 Å². The van der Waals surface area contributed by atoms with E-state index in [0.717, 1.165) is 17.9 Å². The van der Waals surface area contributed by atoms with E-state index in [2.05, 4.69) is 5.32 Å². The molecule has 1 N–H and O–H groups in total. The van der Waals surface area contributed by atoms with Crippen LogP contribution in [0.4, 0.5) is 0 Å². The molecule has 1 amide bonds. The fourth-order valence-corrected chi connectivity index (χ4v) is 2.10. The lowest BCUT2D eigenvalue weighted by molar-refractivity contribution is -0.128. The van der Waals surface area contributed by atoms with Gasteiger partial charge in [-0.2, -0.15) is 0 Å². The fourth-order valence-electron chi connectivity index (χ4n) is 2.10. The van der Waals surface area contributed by atoms with Crippen LogP contribution in [0.5, 0.6) is 5.75 Å². The smallest absolute Gasteiger partial charge is 0.223 e. The zero-order valence-electron chi connectivity index (χ0n) is 13.8. The van der Waals surface area contributed by atoms with Gasteiger partial charge in [0.05, 0.1) is 0 Å². The summed E-state index contributed by atoms with van der Waals surface area (Å²) in [5.41, 5.74) is 2.33. The highest BCUT2D eigenvalue weighted by molar-refractivity contribution is 5.75. The van der Waals surface area contributed by atoms with Gasteiger partial charge in [0, 0.05) is 33.6 Å². The van der Waals surface area contributed by atoms with E-state index in [0.29, 0.717) is 19.6 Å². The number of amides is 1. The predicted molar refractivity (Wildman–Crippen MR) is 92.2 cm³/mol. The van der Waals surface area contributed by atoms with Crippen molar-refractivity contribution in [3.8, 4) is 5.75 Å². The second kappa shape index (κ2) is 8.96. The van der Waals surface area contributed by atoms with Crippen molar-refractivity contribution in [3.05, 3.63) is 65.7 Å². The lowest BCUT2D eigenvalue weighted by Gasteiger charge is -2.11. The molecule has 0 radical (unpaired) electrons. The van der Waals surface area contributed by atoms with Crippen LogP contribution in [0.25, 0.3) is 0 Å². The van der Waals surface area contributed by atoms with Gasteiger partial charge >= 0.3 is 0 Å². The minimum Gasteiger partial charge on any atom is -0.489 e. The number of carbonyl (C=O) groups is 1. The van der Waals surface area contributed by atoms with Gasteiger partial charge in [0.25, 0.3) is 0 Å². The number of ether oxygens (including phenoxy) is 1. The number of hydrogen-bond acceptors (Lipinski definition) is 3. The Labute approximate surface area is 138 Å². The van der Waals surface area contributed by atoms with Crippen molar-refractivity contribution in [2.75, 3.05) is 20.6 Å². The van der Waals surface area contributed by atoms with Gasteiger partial charge in [-0.1, -0.05) is 42.5 Å². The molecular weight excluding hydrogens is 288 g/mol. The maximum Gasteiger partial charge on any atom is 0.223 e. The van der Waals surface area contributed by atoms with Crippen molar-refractivity contribution >= 4 is 5.91 Å². The zero-order valence-corrected chi connectivity index (χ0v) is 13.8. The molecule has 0 fully saturated rings. The van der Waals surface area contributed by atoms with Crippen LogP contribution < -0.4 is 10.1 Å². The van der Waals surface area contributed by atoms with Crippen LogP contribution in [-0.4, -0.2) is 31.4 Å². The summed E-state index contributed by atoms with van der Waals surface area (Å²) < 4.78 is 5.76. The molecular formula is C19H24N2O2. The van der Waals surface area contributed by atoms with Crippen LogP contribution in [0.2, 0.25) is 0 Å². The van der Waals surface area contributed by atoms with Crippen LogP contribution in [0.1, 0.15) is 17.5 Å². The van der Waals surface area contributed by atoms with E-state index < -0.39 is 0 Å². The van der Waals surface area contributed by atoms with Gasteiger partial charge in [0.15, 0.2) is 0 Å². The van der Waals surface area contributed by atoms with Crippen molar-refractivity contribution in [3.63, 3.8) is 0 Å². The summed E-state index contributed by atoms with van der Waals surface area (Å²) in [6.07, 6.45) is 0.519. The molecule has 23 heavy (non-hydrogen) atoms. The van der Waals surface area contributed by atoms with E-state index in [4.69, 9.17) is 4.74 Å². The highest BCUT2D eigenvalue weighted by Gasteiger charge is 2.02. The van der Waals surface area contributed by atoms with E-state index in [1.807, 2.05) is 54.6 Å². The van der Waals surface area contributed by atoms with Crippen LogP contribution in [0, 0.1) is 0 Å². The highest BCUT2D eigenvalue weighted by Crippen LogP contribution is 2.14. The first kappa shape index (κ1) is 17.0. The van der Waals surface area contributed by atoms with E-state index in [-0.39, 0.29) is 5.91 Å². The molecule has 4 heteroatoms. The minimum absolute atomic E-state index is 0.141. The number of nitrogens with one attached hydrogen (secondary N) is 1. The Hall–Kier alpha value is -2.33. The third-order valence-electron chi connectivity index (χ3n) is 3.52. The van der Waals surface area contributed by atoms with E-state index in [1.54, 1.807) is 19.0 Å². The van der Waals surface area contributed by atoms with Crippen molar-refractivity contribution in [1.29, 1.82) is 0 Å². The Morgan fingerprint density at radius 2 is 1.70 bits per heavy atom. The van der Waals surface area contributed by atoms with Crippen molar-refractivity contribution in [2.24, 2.45) is 0 Å². The molecule has 0 saturated carbocycles. The number of hydrogen-bond donors (Lipinski definition) is 1. The molecule has 2 aromatic carbocycles. The van der Waals surface area contributed by atoms with Crippen LogP contribution in [-0.2, 0) is 17.9 Å². The molecule has 0 aliphatic carbocycles. The molecule has 0 unspecified atom stereocenters. The van der Waals surface area contributed by atoms with Gasteiger partial charge in [-0.15, -0.1) is 0 Å². The average molecular weight is 312 g/mol. The zero-order chi connectivity index (χ0) is 16.5. The molecule has 0 aliphatic heterocycles. The molecule has 122 valence electrons. The largest absolute Gasteiger partial charge is 0.489 e. The summed E-state index contributed by atoms with van der Waals surface area (Å²) in [5, 5.41) is 3.28. The number of carbonyl (C=O) groups excluding carboxylic acids is 1. The van der Waals surface area contributed by atoms with Crippen molar-refractivity contribution < 1.29 is 9.53 Å². The third kappa shape index (κ3) is 6.12. The lowest BCUT2D eigenvalue weighted by atomic mass is 10.2. The molecule has 0 aromatic heterocycles. The molecule has 2 rings (SSSR count). The quantitative estimate of drug-likeness (QED) is 0.762. The Kier molecular flexibility index (Phi) is 6.63. The summed E-state index contributed by atoms with van der Waals surface area (Å²) in [7, 11) is 3.55. The average Bonchev–Trinajstić information content (AvgIpc) is 2.58. The third-order valence-corrected chi connectivity index (χ3v) is 3.52. The van der Waals surface area contributed by atoms with Gasteiger partial charge in [-0.3, -0.25) is 4.79 Å². The highest BCUT2D eigenvalue weighted by atomic mass is 16.5. The first-order valence-corrected chi connectivity index (χ1v) is 7.81. The Bertz CT molecular complexity index is 595. The molecule has 4 nitrogen and oxygen atoms in total. The second-order valence-electron chi connectivity index (χ2n) is 5.63. The Morgan fingerprint density at radius 1 is 1.00 bits per heavy atom. The Morgan fingerprint density at radius 3 is 2.35 bits per heavy atom. The molecule has 0 spiro atoms. The summed E-state index contributed by atoms with van der Waals surface area (Å²) >= 11 is 0. The second-order valence-corrected chi connectivity index (χ2v) is 5.63. The maximum absolute atomic E-state index is 11.5. The van der Waals surface area contributed by atoms with Gasteiger partial charge in [0.2, 0.25) is 5.91 Å². The van der Waals surface area contributed by atoms with Gasteiger partial charge in [0.1, 0.15) is 12.4 Å². The SMILES string of the molecule is CN(C)C(=O)CCNCc1ccc(OCc2ccccc2)cc1. The maximum atomic E-state index is 11.5. The topological polar surface area (TPSA) is 41.6 Å². The van der Waals surface area contributed by atoms with Gasteiger partial charge in [-0.05, 0) is 23.3 Å². The summed E-state index contributed by atoms with van der Waals surface area (Å²) in [6.45, 7) is 2.01. The lowest BCUT2D eigenvalue weighted by Crippen LogP contribution is -2.26. The summed E-state index contributed by atoms with van der Waals surface area (Å²) in [4.78, 5) is 13.1. The van der Waals surface area contributed by atoms with Gasteiger partial charge in [-0.25, -0.2) is 0 Å². The van der Waals surface area contributed by atoms with E-state index >= 15 is 0 Å². The standard InChI is InChI=1S/C19H24N2O2/c1-21(2)19(22)12-13-20-14-16-8-10-18(11-9-16)23-15-17-6-4-3-5-7-17/h3-11,20H,12-15H2,1-2H3. The summed E-state index contributed by atoms with van der Waals surface area (Å²) in [5.74, 6) is 1.00. The van der Waals surface area contributed by atoms with Crippen LogP contribution in [0.3, 0.4) is 0 Å². The number of rotatable bonds is 8. The fraction of sp³-hybridized carbons (Fsp3) is 0.316. The molecule has 0 heterocycles. The van der Waals surface area contributed by atoms with E-state index in [9.17, 15) is 4.79 Å². The number of benzene rings is 2. The number of nitrogens with zero attached hydrogens (tertiary/aromatic N) is 1.